The van der Waals surface area contributed by atoms with Crippen molar-refractivity contribution in [2.24, 2.45) is 17.3 Å². The molecule has 7 rings (SSSR count). The summed E-state index contributed by atoms with van der Waals surface area (Å²) in [5.74, 6) is 1.37. The second-order valence-electron chi connectivity index (χ2n) is 11.8. The van der Waals surface area contributed by atoms with E-state index in [1.807, 2.05) is 0 Å². The number of benzene rings is 2. The van der Waals surface area contributed by atoms with E-state index < -0.39 is 10.0 Å². The molecule has 1 aliphatic heterocycles. The third-order valence-electron chi connectivity index (χ3n) is 9.19. The first kappa shape index (κ1) is 24.1. The molecule has 1 heterocycles. The number of sulfonamides is 1. The smallest absolute Gasteiger partial charge is 0.251 e. The first-order valence-electron chi connectivity index (χ1n) is 13.3. The minimum absolute atomic E-state index is 0.120. The Kier molecular flexibility index (Phi) is 6.01. The van der Waals surface area contributed by atoms with Gasteiger partial charge in [0.2, 0.25) is 10.0 Å². The highest BCUT2D eigenvalue weighted by atomic mass is 32.2. The molecule has 4 saturated carbocycles. The van der Waals surface area contributed by atoms with Crippen LogP contribution in [0.2, 0.25) is 0 Å². The standard InChI is InChI=1S/C29H36N2O4S/c1-21-2-6-25(7-3-21)29-17-22-14-23(18-29)16-28(15-22,19-29)20-30-27(32)24-4-8-26(9-5-24)36(33,34)31-10-12-35-13-11-31/h2-9,22-23H,10-20H2,1H3,(H,30,32)/t22-,23+,28?,29?. The number of carbonyl (C=O) groups is 1. The summed E-state index contributed by atoms with van der Waals surface area (Å²) >= 11 is 0. The fraction of sp³-hybridized carbons (Fsp3) is 0.552. The highest BCUT2D eigenvalue weighted by Gasteiger charge is 2.58. The van der Waals surface area contributed by atoms with Gasteiger partial charge in [-0.25, -0.2) is 8.42 Å². The van der Waals surface area contributed by atoms with Crippen molar-refractivity contribution >= 4 is 15.9 Å². The molecule has 0 spiro atoms. The molecule has 4 bridgehead atoms. The van der Waals surface area contributed by atoms with E-state index in [1.165, 1.54) is 47.5 Å². The van der Waals surface area contributed by atoms with Crippen LogP contribution < -0.4 is 5.32 Å². The predicted molar refractivity (Wildman–Crippen MR) is 138 cm³/mol. The molecule has 0 aromatic heterocycles. The second-order valence-corrected chi connectivity index (χ2v) is 13.8. The quantitative estimate of drug-likeness (QED) is 0.632. The molecule has 4 atom stereocenters. The van der Waals surface area contributed by atoms with Crippen molar-refractivity contribution in [1.29, 1.82) is 0 Å². The lowest BCUT2D eigenvalue weighted by atomic mass is 9.43. The zero-order chi connectivity index (χ0) is 25.0. The van der Waals surface area contributed by atoms with Crippen LogP contribution in [-0.4, -0.2) is 51.5 Å². The van der Waals surface area contributed by atoms with Crippen molar-refractivity contribution in [1.82, 2.24) is 9.62 Å². The SMILES string of the molecule is Cc1ccc(C23C[C@@H]4C[C@@H](CC(CNC(=O)c5ccc(S(=O)(=O)N6CCOCC6)cc5)(C4)C2)C3)cc1. The number of hydrogen-bond donors (Lipinski definition) is 1. The van der Waals surface area contributed by atoms with Crippen LogP contribution in [0.25, 0.3) is 0 Å². The van der Waals surface area contributed by atoms with Gasteiger partial charge in [0.05, 0.1) is 18.1 Å². The minimum Gasteiger partial charge on any atom is -0.379 e. The van der Waals surface area contributed by atoms with Crippen LogP contribution in [0, 0.1) is 24.2 Å². The third kappa shape index (κ3) is 4.29. The van der Waals surface area contributed by atoms with Crippen molar-refractivity contribution in [2.75, 3.05) is 32.8 Å². The lowest BCUT2D eigenvalue weighted by Gasteiger charge is -2.62. The Labute approximate surface area is 214 Å². The van der Waals surface area contributed by atoms with Crippen LogP contribution in [-0.2, 0) is 20.2 Å². The fourth-order valence-electron chi connectivity index (χ4n) is 7.99. The second kappa shape index (κ2) is 8.96. The summed E-state index contributed by atoms with van der Waals surface area (Å²) < 4.78 is 32.5. The van der Waals surface area contributed by atoms with Crippen molar-refractivity contribution in [2.45, 2.75) is 55.8 Å². The van der Waals surface area contributed by atoms with Gasteiger partial charge in [0.1, 0.15) is 0 Å². The van der Waals surface area contributed by atoms with E-state index in [0.29, 0.717) is 38.4 Å². The third-order valence-corrected chi connectivity index (χ3v) is 11.1. The molecular weight excluding hydrogens is 472 g/mol. The average Bonchev–Trinajstić information content (AvgIpc) is 2.87. The van der Waals surface area contributed by atoms with Gasteiger partial charge in [0.15, 0.2) is 0 Å². The molecule has 1 amide bonds. The Balaban J connectivity index is 1.15. The molecule has 1 N–H and O–H groups in total. The molecule has 6 nitrogen and oxygen atoms in total. The molecule has 0 radical (unpaired) electrons. The lowest BCUT2D eigenvalue weighted by Crippen LogP contribution is -2.57. The summed E-state index contributed by atoms with van der Waals surface area (Å²) in [6.45, 7) is 4.38. The van der Waals surface area contributed by atoms with Crippen molar-refractivity contribution in [3.05, 3.63) is 65.2 Å². The van der Waals surface area contributed by atoms with E-state index in [2.05, 4.69) is 36.5 Å². The number of nitrogens with zero attached hydrogens (tertiary/aromatic N) is 1. The number of morpholine rings is 1. The molecule has 2 aromatic carbocycles. The van der Waals surface area contributed by atoms with Gasteiger partial charge in [0, 0.05) is 25.2 Å². The summed E-state index contributed by atoms with van der Waals surface area (Å²) in [6, 6.07) is 15.5. The Morgan fingerprint density at radius 3 is 2.25 bits per heavy atom. The first-order valence-corrected chi connectivity index (χ1v) is 14.7. The van der Waals surface area contributed by atoms with E-state index in [9.17, 15) is 13.2 Å². The van der Waals surface area contributed by atoms with Crippen molar-refractivity contribution < 1.29 is 17.9 Å². The maximum atomic E-state index is 13.1. The number of nitrogens with one attached hydrogen (secondary N) is 1. The summed E-state index contributed by atoms with van der Waals surface area (Å²) in [5, 5.41) is 3.24. The van der Waals surface area contributed by atoms with Gasteiger partial charge < -0.3 is 10.1 Å². The van der Waals surface area contributed by atoms with Gasteiger partial charge in [-0.1, -0.05) is 29.8 Å². The number of rotatable bonds is 6. The maximum absolute atomic E-state index is 13.1. The highest BCUT2D eigenvalue weighted by molar-refractivity contribution is 7.89. The molecule has 2 aromatic rings. The number of carbonyl (C=O) groups excluding carboxylic acids is 1. The maximum Gasteiger partial charge on any atom is 0.251 e. The lowest BCUT2D eigenvalue weighted by molar-refractivity contribution is -0.0697. The topological polar surface area (TPSA) is 75.7 Å². The molecule has 1 saturated heterocycles. The van der Waals surface area contributed by atoms with E-state index in [4.69, 9.17) is 4.74 Å². The van der Waals surface area contributed by atoms with Crippen LogP contribution in [0.5, 0.6) is 0 Å². The molecule has 5 fully saturated rings. The van der Waals surface area contributed by atoms with Crippen LogP contribution in [0.4, 0.5) is 0 Å². The number of aryl methyl sites for hydroxylation is 1. The molecule has 5 aliphatic rings. The van der Waals surface area contributed by atoms with Crippen LogP contribution >= 0.6 is 0 Å². The van der Waals surface area contributed by atoms with Gasteiger partial charge >= 0.3 is 0 Å². The van der Waals surface area contributed by atoms with E-state index in [1.54, 1.807) is 24.3 Å². The van der Waals surface area contributed by atoms with Gasteiger partial charge in [0.25, 0.3) is 5.91 Å². The highest BCUT2D eigenvalue weighted by Crippen LogP contribution is 2.65. The summed E-state index contributed by atoms with van der Waals surface area (Å²) in [7, 11) is -3.56. The van der Waals surface area contributed by atoms with E-state index in [-0.39, 0.29) is 21.6 Å². The number of ether oxygens (including phenoxy) is 1. The summed E-state index contributed by atoms with van der Waals surface area (Å²) in [5.41, 5.74) is 3.69. The Morgan fingerprint density at radius 2 is 1.61 bits per heavy atom. The molecule has 7 heteroatoms. The molecule has 2 unspecified atom stereocenters. The van der Waals surface area contributed by atoms with Gasteiger partial charge in [-0.3, -0.25) is 4.79 Å². The van der Waals surface area contributed by atoms with Gasteiger partial charge in [-0.05, 0) is 97.9 Å². The Bertz CT molecular complexity index is 1220. The van der Waals surface area contributed by atoms with Crippen LogP contribution in [0.15, 0.2) is 53.4 Å². The van der Waals surface area contributed by atoms with Gasteiger partial charge in [-0.2, -0.15) is 4.31 Å². The van der Waals surface area contributed by atoms with Crippen molar-refractivity contribution in [3.63, 3.8) is 0 Å². The first-order chi connectivity index (χ1) is 17.3. The minimum atomic E-state index is -3.56. The zero-order valence-electron chi connectivity index (χ0n) is 21.0. The van der Waals surface area contributed by atoms with Crippen LogP contribution in [0.3, 0.4) is 0 Å². The Hall–Kier alpha value is -2.22. The largest absolute Gasteiger partial charge is 0.379 e. The number of amides is 1. The monoisotopic (exact) mass is 508 g/mol. The van der Waals surface area contributed by atoms with Gasteiger partial charge in [-0.15, -0.1) is 0 Å². The summed E-state index contributed by atoms with van der Waals surface area (Å²) in [4.78, 5) is 13.3. The van der Waals surface area contributed by atoms with E-state index in [0.717, 1.165) is 18.3 Å². The molecule has 192 valence electrons. The van der Waals surface area contributed by atoms with Crippen molar-refractivity contribution in [3.8, 4) is 0 Å². The van der Waals surface area contributed by atoms with E-state index >= 15 is 0 Å². The Morgan fingerprint density at radius 1 is 0.972 bits per heavy atom. The summed E-state index contributed by atoms with van der Waals surface area (Å²) in [6.07, 6.45) is 7.44. The average molecular weight is 509 g/mol. The van der Waals surface area contributed by atoms with Crippen LogP contribution in [0.1, 0.15) is 60.0 Å². The molecule has 4 aliphatic carbocycles. The fourth-order valence-corrected chi connectivity index (χ4v) is 9.40. The zero-order valence-corrected chi connectivity index (χ0v) is 21.9. The normalized spacial score (nSPS) is 31.9. The predicted octanol–water partition coefficient (Wildman–Crippen LogP) is 4.28. The number of hydrogen-bond acceptors (Lipinski definition) is 4. The molecular formula is C29H36N2O4S. The molecule has 36 heavy (non-hydrogen) atoms.